The highest BCUT2D eigenvalue weighted by Crippen LogP contribution is 2.21. The summed E-state index contributed by atoms with van der Waals surface area (Å²) < 4.78 is 18.6. The van der Waals surface area contributed by atoms with Crippen LogP contribution in [0.3, 0.4) is 0 Å². The van der Waals surface area contributed by atoms with Gasteiger partial charge in [-0.25, -0.2) is 4.39 Å². The van der Waals surface area contributed by atoms with Gasteiger partial charge in [-0.2, -0.15) is 0 Å². The number of hydrogen-bond acceptors (Lipinski definition) is 2. The van der Waals surface area contributed by atoms with Crippen molar-refractivity contribution < 1.29 is 9.13 Å². The molecule has 2 nitrogen and oxygen atoms in total. The van der Waals surface area contributed by atoms with Gasteiger partial charge < -0.3 is 10.1 Å². The summed E-state index contributed by atoms with van der Waals surface area (Å²) in [5, 5.41) is 3.31. The molecule has 0 saturated carbocycles. The van der Waals surface area contributed by atoms with E-state index in [1.165, 1.54) is 6.07 Å². The van der Waals surface area contributed by atoms with Crippen LogP contribution in [0.15, 0.2) is 18.2 Å². The summed E-state index contributed by atoms with van der Waals surface area (Å²) in [6.45, 7) is 6.73. The molecule has 16 heavy (non-hydrogen) atoms. The van der Waals surface area contributed by atoms with Crippen LogP contribution in [-0.2, 0) is 4.74 Å². The molecule has 0 aromatic heterocycles. The average molecular weight is 225 g/mol. The van der Waals surface area contributed by atoms with Crippen molar-refractivity contribution in [3.63, 3.8) is 0 Å². The lowest BCUT2D eigenvalue weighted by molar-refractivity contribution is 0.0835. The first-order chi connectivity index (χ1) is 7.58. The molecule has 2 atom stereocenters. The Labute approximate surface area is 96.8 Å². The number of hydrogen-bond donors (Lipinski definition) is 1. The fourth-order valence-electron chi connectivity index (χ4n) is 1.85. The maximum atomic E-state index is 13.3. The van der Waals surface area contributed by atoms with E-state index in [1.54, 1.807) is 13.2 Å². The predicted octanol–water partition coefficient (Wildman–Crippen LogP) is 2.82. The molecule has 1 aromatic carbocycles. The molecule has 0 amide bonds. The molecule has 90 valence electrons. The Morgan fingerprint density at radius 3 is 2.56 bits per heavy atom. The van der Waals surface area contributed by atoms with Crippen molar-refractivity contribution in [1.82, 2.24) is 5.32 Å². The van der Waals surface area contributed by atoms with E-state index >= 15 is 0 Å². The number of aryl methyl sites for hydroxylation is 1. The van der Waals surface area contributed by atoms with E-state index in [0.717, 1.165) is 17.7 Å². The number of benzene rings is 1. The zero-order valence-corrected chi connectivity index (χ0v) is 10.4. The molecule has 0 spiro atoms. The minimum absolute atomic E-state index is 0.0150. The number of halogens is 1. The third-order valence-electron chi connectivity index (χ3n) is 2.69. The Bertz CT molecular complexity index is 320. The molecule has 0 radical (unpaired) electrons. The summed E-state index contributed by atoms with van der Waals surface area (Å²) in [5.41, 5.74) is 1.87. The highest BCUT2D eigenvalue weighted by Gasteiger charge is 2.18. The maximum Gasteiger partial charge on any atom is 0.123 e. The maximum absolute atomic E-state index is 13.3. The van der Waals surface area contributed by atoms with Crippen molar-refractivity contribution in [1.29, 1.82) is 0 Å². The predicted molar refractivity (Wildman–Crippen MR) is 64.0 cm³/mol. The van der Waals surface area contributed by atoms with Crippen molar-refractivity contribution in [3.05, 3.63) is 35.1 Å². The summed E-state index contributed by atoms with van der Waals surface area (Å²) in [7, 11) is 1.67. The standard InChI is InChI=1S/C13H20FNO/c1-5-15-13(10(3)16-4)11-6-9(2)7-12(14)8-11/h6-8,10,13,15H,5H2,1-4H3. The lowest BCUT2D eigenvalue weighted by atomic mass is 10.00. The van der Waals surface area contributed by atoms with E-state index in [4.69, 9.17) is 4.74 Å². The largest absolute Gasteiger partial charge is 0.380 e. The molecule has 1 rings (SSSR count). The average Bonchev–Trinajstić information content (AvgIpc) is 2.23. The van der Waals surface area contributed by atoms with Gasteiger partial charge in [-0.3, -0.25) is 0 Å². The molecule has 0 bridgehead atoms. The van der Waals surface area contributed by atoms with Crippen LogP contribution >= 0.6 is 0 Å². The van der Waals surface area contributed by atoms with Gasteiger partial charge in [-0.1, -0.05) is 13.0 Å². The van der Waals surface area contributed by atoms with Gasteiger partial charge in [0.15, 0.2) is 0 Å². The molecular formula is C13H20FNO. The Morgan fingerprint density at radius 2 is 2.06 bits per heavy atom. The highest BCUT2D eigenvalue weighted by atomic mass is 19.1. The van der Waals surface area contributed by atoms with E-state index in [1.807, 2.05) is 26.8 Å². The number of rotatable bonds is 5. The number of ether oxygens (including phenoxy) is 1. The zero-order valence-electron chi connectivity index (χ0n) is 10.4. The number of nitrogens with one attached hydrogen (secondary N) is 1. The molecule has 3 heteroatoms. The van der Waals surface area contributed by atoms with Crippen molar-refractivity contribution in [2.75, 3.05) is 13.7 Å². The molecule has 0 fully saturated rings. The van der Waals surface area contributed by atoms with Crippen LogP contribution in [0.25, 0.3) is 0 Å². The van der Waals surface area contributed by atoms with Crippen molar-refractivity contribution in [3.8, 4) is 0 Å². The molecule has 0 heterocycles. The highest BCUT2D eigenvalue weighted by molar-refractivity contribution is 5.27. The quantitative estimate of drug-likeness (QED) is 0.832. The van der Waals surface area contributed by atoms with Gasteiger partial charge in [0, 0.05) is 7.11 Å². The summed E-state index contributed by atoms with van der Waals surface area (Å²) in [5.74, 6) is -0.193. The van der Waals surface area contributed by atoms with Gasteiger partial charge in [0.2, 0.25) is 0 Å². The van der Waals surface area contributed by atoms with E-state index in [0.29, 0.717) is 0 Å². The van der Waals surface area contributed by atoms with Gasteiger partial charge in [-0.05, 0) is 43.7 Å². The molecule has 1 aromatic rings. The lowest BCUT2D eigenvalue weighted by Gasteiger charge is -2.24. The molecular weight excluding hydrogens is 205 g/mol. The Morgan fingerprint density at radius 1 is 1.38 bits per heavy atom. The van der Waals surface area contributed by atoms with Crippen LogP contribution < -0.4 is 5.32 Å². The van der Waals surface area contributed by atoms with Crippen LogP contribution in [-0.4, -0.2) is 19.8 Å². The Balaban J connectivity index is 3.00. The molecule has 0 aliphatic carbocycles. The van der Waals surface area contributed by atoms with Gasteiger partial charge in [0.1, 0.15) is 5.82 Å². The lowest BCUT2D eigenvalue weighted by Crippen LogP contribution is -2.31. The zero-order chi connectivity index (χ0) is 12.1. The van der Waals surface area contributed by atoms with E-state index < -0.39 is 0 Å². The van der Waals surface area contributed by atoms with E-state index in [2.05, 4.69) is 5.32 Å². The van der Waals surface area contributed by atoms with Crippen LogP contribution in [0.2, 0.25) is 0 Å². The minimum Gasteiger partial charge on any atom is -0.380 e. The van der Waals surface area contributed by atoms with Gasteiger partial charge in [0.25, 0.3) is 0 Å². The Kier molecular flexibility index (Phi) is 4.90. The second-order valence-corrected chi connectivity index (χ2v) is 4.04. The summed E-state index contributed by atoms with van der Waals surface area (Å²) in [4.78, 5) is 0. The minimum atomic E-state index is -0.193. The Hall–Kier alpha value is -0.930. The summed E-state index contributed by atoms with van der Waals surface area (Å²) in [6.07, 6.45) is 0.0150. The SMILES string of the molecule is CCNC(c1cc(C)cc(F)c1)C(C)OC. The molecule has 0 aliphatic heterocycles. The van der Waals surface area contributed by atoms with Crippen molar-refractivity contribution >= 4 is 0 Å². The fourth-order valence-corrected chi connectivity index (χ4v) is 1.85. The van der Waals surface area contributed by atoms with Gasteiger partial charge in [0.05, 0.1) is 12.1 Å². The van der Waals surface area contributed by atoms with Crippen LogP contribution in [0, 0.1) is 12.7 Å². The second kappa shape index (κ2) is 5.97. The van der Waals surface area contributed by atoms with Crippen molar-refractivity contribution in [2.45, 2.75) is 32.9 Å². The van der Waals surface area contributed by atoms with Gasteiger partial charge in [-0.15, -0.1) is 0 Å². The first-order valence-corrected chi connectivity index (χ1v) is 5.61. The third-order valence-corrected chi connectivity index (χ3v) is 2.69. The second-order valence-electron chi connectivity index (χ2n) is 4.04. The van der Waals surface area contributed by atoms with Crippen molar-refractivity contribution in [2.24, 2.45) is 0 Å². The summed E-state index contributed by atoms with van der Waals surface area (Å²) in [6, 6.07) is 5.12. The molecule has 0 saturated heterocycles. The van der Waals surface area contributed by atoms with Crippen LogP contribution in [0.1, 0.15) is 31.0 Å². The first kappa shape index (κ1) is 13.1. The first-order valence-electron chi connectivity index (χ1n) is 5.61. The topological polar surface area (TPSA) is 21.3 Å². The molecule has 0 aliphatic rings. The van der Waals surface area contributed by atoms with Gasteiger partial charge >= 0.3 is 0 Å². The molecule has 2 unspecified atom stereocenters. The molecule has 1 N–H and O–H groups in total. The summed E-state index contributed by atoms with van der Waals surface area (Å²) >= 11 is 0. The normalized spacial score (nSPS) is 14.8. The third kappa shape index (κ3) is 3.29. The van der Waals surface area contributed by atoms with Crippen LogP contribution in [0.5, 0.6) is 0 Å². The smallest absolute Gasteiger partial charge is 0.123 e. The van der Waals surface area contributed by atoms with E-state index in [9.17, 15) is 4.39 Å². The fraction of sp³-hybridized carbons (Fsp3) is 0.538. The monoisotopic (exact) mass is 225 g/mol. The van der Waals surface area contributed by atoms with E-state index in [-0.39, 0.29) is 18.0 Å². The number of methoxy groups -OCH3 is 1. The van der Waals surface area contributed by atoms with Crippen LogP contribution in [0.4, 0.5) is 4.39 Å². The number of likely N-dealkylation sites (N-methyl/N-ethyl adjacent to an activating group) is 1.